The summed E-state index contributed by atoms with van der Waals surface area (Å²) in [6, 6.07) is 0. The summed E-state index contributed by atoms with van der Waals surface area (Å²) in [6.45, 7) is 2.92. The van der Waals surface area contributed by atoms with Crippen LogP contribution >= 0.6 is 15.9 Å². The summed E-state index contributed by atoms with van der Waals surface area (Å²) in [5.74, 6) is 0. The van der Waals surface area contributed by atoms with Crippen molar-refractivity contribution in [1.82, 2.24) is 0 Å². The van der Waals surface area contributed by atoms with Crippen LogP contribution in [-0.4, -0.2) is 24.3 Å². The van der Waals surface area contributed by atoms with Gasteiger partial charge in [-0.25, -0.2) is 0 Å². The van der Waals surface area contributed by atoms with Crippen LogP contribution in [0.4, 0.5) is 0 Å². The number of alkyl halides is 1. The molecule has 2 atom stereocenters. The van der Waals surface area contributed by atoms with Gasteiger partial charge in [-0.15, -0.1) is 0 Å². The zero-order chi connectivity index (χ0) is 7.61. The Bertz CT molecular complexity index is 114. The molecule has 10 heavy (non-hydrogen) atoms. The van der Waals surface area contributed by atoms with Gasteiger partial charge in [0.25, 0.3) is 0 Å². The van der Waals surface area contributed by atoms with Gasteiger partial charge in [0, 0.05) is 13.7 Å². The van der Waals surface area contributed by atoms with Crippen LogP contribution < -0.4 is 0 Å². The normalized spacial score (nSPS) is 41.7. The van der Waals surface area contributed by atoms with Crippen LogP contribution in [0.3, 0.4) is 0 Å². The monoisotopic (exact) mass is 208 g/mol. The third kappa shape index (κ3) is 1.71. The lowest BCUT2D eigenvalue weighted by atomic mass is 10.0. The molecule has 0 aromatic rings. The van der Waals surface area contributed by atoms with E-state index in [0.717, 1.165) is 19.4 Å². The molecular weight excluding hydrogens is 196 g/mol. The second kappa shape index (κ2) is 3.20. The molecule has 0 aromatic heterocycles. The van der Waals surface area contributed by atoms with Gasteiger partial charge in [-0.1, -0.05) is 15.9 Å². The highest BCUT2D eigenvalue weighted by Crippen LogP contribution is 2.33. The van der Waals surface area contributed by atoms with Crippen LogP contribution in [-0.2, 0) is 9.47 Å². The summed E-state index contributed by atoms with van der Waals surface area (Å²) in [4.78, 5) is 0. The first-order valence-corrected chi connectivity index (χ1v) is 4.29. The Labute approximate surface area is 70.0 Å². The van der Waals surface area contributed by atoms with Crippen LogP contribution in [0.1, 0.15) is 19.8 Å². The molecule has 1 heterocycles. The van der Waals surface area contributed by atoms with Crippen molar-refractivity contribution < 1.29 is 9.47 Å². The number of ether oxygens (including phenoxy) is 2. The third-order valence-corrected chi connectivity index (χ3v) is 2.56. The summed E-state index contributed by atoms with van der Waals surface area (Å²) in [6.07, 6.45) is 2.15. The molecule has 1 aliphatic heterocycles. The SMILES string of the molecule is COC1OCCCC1(C)Br. The fraction of sp³-hybridized carbons (Fsp3) is 1.00. The average Bonchev–Trinajstić information content (AvgIpc) is 1.87. The summed E-state index contributed by atoms with van der Waals surface area (Å²) < 4.78 is 10.5. The minimum Gasteiger partial charge on any atom is -0.354 e. The molecule has 0 saturated carbocycles. The van der Waals surface area contributed by atoms with Crippen molar-refractivity contribution in [2.75, 3.05) is 13.7 Å². The van der Waals surface area contributed by atoms with Crippen LogP contribution in [0.5, 0.6) is 0 Å². The minimum atomic E-state index is -0.0822. The molecule has 0 N–H and O–H groups in total. The van der Waals surface area contributed by atoms with Crippen LogP contribution in [0.25, 0.3) is 0 Å². The van der Waals surface area contributed by atoms with Gasteiger partial charge in [-0.2, -0.15) is 0 Å². The first kappa shape index (κ1) is 8.50. The predicted molar refractivity (Wildman–Crippen MR) is 43.3 cm³/mol. The molecule has 0 amide bonds. The summed E-state index contributed by atoms with van der Waals surface area (Å²) in [7, 11) is 1.68. The Balaban J connectivity index is 2.51. The molecule has 0 aliphatic carbocycles. The van der Waals surface area contributed by atoms with Gasteiger partial charge >= 0.3 is 0 Å². The highest BCUT2D eigenvalue weighted by molar-refractivity contribution is 9.10. The molecule has 2 unspecified atom stereocenters. The molecule has 1 fully saturated rings. The van der Waals surface area contributed by atoms with Crippen molar-refractivity contribution >= 4 is 15.9 Å². The van der Waals surface area contributed by atoms with Crippen molar-refractivity contribution in [3.63, 3.8) is 0 Å². The predicted octanol–water partition coefficient (Wildman–Crippen LogP) is 1.92. The van der Waals surface area contributed by atoms with Gasteiger partial charge in [0.2, 0.25) is 0 Å². The Morgan fingerprint density at radius 2 is 2.40 bits per heavy atom. The molecule has 3 heteroatoms. The smallest absolute Gasteiger partial charge is 0.172 e. The molecular formula is C7H13BrO2. The fourth-order valence-electron chi connectivity index (χ4n) is 1.21. The number of halogens is 1. The van der Waals surface area contributed by atoms with Crippen molar-refractivity contribution in [3.05, 3.63) is 0 Å². The molecule has 0 radical (unpaired) electrons. The zero-order valence-corrected chi connectivity index (χ0v) is 7.98. The van der Waals surface area contributed by atoms with Crippen LogP contribution in [0, 0.1) is 0 Å². The van der Waals surface area contributed by atoms with E-state index in [1.54, 1.807) is 7.11 Å². The Hall–Kier alpha value is 0.400. The molecule has 0 aromatic carbocycles. The largest absolute Gasteiger partial charge is 0.354 e. The summed E-state index contributed by atoms with van der Waals surface area (Å²) in [5, 5.41) is 0. The van der Waals surface area contributed by atoms with Crippen LogP contribution in [0.15, 0.2) is 0 Å². The second-order valence-electron chi connectivity index (χ2n) is 2.82. The molecule has 1 rings (SSSR count). The van der Waals surface area contributed by atoms with Gasteiger partial charge < -0.3 is 9.47 Å². The minimum absolute atomic E-state index is 0.0139. The average molecular weight is 209 g/mol. The van der Waals surface area contributed by atoms with Gasteiger partial charge in [0.15, 0.2) is 6.29 Å². The number of methoxy groups -OCH3 is 1. The van der Waals surface area contributed by atoms with E-state index in [4.69, 9.17) is 9.47 Å². The van der Waals surface area contributed by atoms with E-state index in [2.05, 4.69) is 22.9 Å². The fourth-order valence-corrected chi connectivity index (χ4v) is 1.81. The van der Waals surface area contributed by atoms with Gasteiger partial charge in [0.1, 0.15) is 0 Å². The van der Waals surface area contributed by atoms with E-state index in [0.29, 0.717) is 0 Å². The third-order valence-electron chi connectivity index (χ3n) is 1.78. The Morgan fingerprint density at radius 1 is 1.70 bits per heavy atom. The quantitative estimate of drug-likeness (QED) is 0.614. The molecule has 1 saturated heterocycles. The van der Waals surface area contributed by atoms with E-state index in [1.807, 2.05) is 0 Å². The maximum Gasteiger partial charge on any atom is 0.172 e. The first-order valence-electron chi connectivity index (χ1n) is 3.50. The molecule has 1 aliphatic rings. The summed E-state index contributed by atoms with van der Waals surface area (Å²) in [5.41, 5.74) is 0. The second-order valence-corrected chi connectivity index (χ2v) is 4.63. The lowest BCUT2D eigenvalue weighted by Crippen LogP contribution is -2.41. The number of hydrogen-bond acceptors (Lipinski definition) is 2. The maximum absolute atomic E-state index is 5.37. The standard InChI is InChI=1S/C7H13BrO2/c1-7(8)4-3-5-10-6(7)9-2/h6H,3-5H2,1-2H3. The van der Waals surface area contributed by atoms with E-state index in [9.17, 15) is 0 Å². The van der Waals surface area contributed by atoms with Crippen molar-refractivity contribution in [3.8, 4) is 0 Å². The highest BCUT2D eigenvalue weighted by atomic mass is 79.9. The van der Waals surface area contributed by atoms with E-state index in [1.165, 1.54) is 0 Å². The Kier molecular flexibility index (Phi) is 2.72. The van der Waals surface area contributed by atoms with E-state index in [-0.39, 0.29) is 10.6 Å². The summed E-state index contributed by atoms with van der Waals surface area (Å²) >= 11 is 3.57. The van der Waals surface area contributed by atoms with Crippen molar-refractivity contribution in [1.29, 1.82) is 0 Å². The number of hydrogen-bond donors (Lipinski definition) is 0. The first-order chi connectivity index (χ1) is 4.67. The van der Waals surface area contributed by atoms with Crippen molar-refractivity contribution in [2.24, 2.45) is 0 Å². The molecule has 0 spiro atoms. The van der Waals surface area contributed by atoms with Gasteiger partial charge in [-0.3, -0.25) is 0 Å². The lowest BCUT2D eigenvalue weighted by Gasteiger charge is -2.35. The Morgan fingerprint density at radius 3 is 2.80 bits per heavy atom. The van der Waals surface area contributed by atoms with E-state index >= 15 is 0 Å². The topological polar surface area (TPSA) is 18.5 Å². The van der Waals surface area contributed by atoms with Crippen molar-refractivity contribution in [2.45, 2.75) is 30.4 Å². The van der Waals surface area contributed by atoms with Gasteiger partial charge in [0.05, 0.1) is 4.32 Å². The molecule has 0 bridgehead atoms. The molecule has 2 nitrogen and oxygen atoms in total. The maximum atomic E-state index is 5.37. The highest BCUT2D eigenvalue weighted by Gasteiger charge is 2.35. The lowest BCUT2D eigenvalue weighted by molar-refractivity contribution is -0.160. The molecule has 60 valence electrons. The van der Waals surface area contributed by atoms with E-state index < -0.39 is 0 Å². The van der Waals surface area contributed by atoms with Crippen LogP contribution in [0.2, 0.25) is 0 Å². The van der Waals surface area contributed by atoms with Gasteiger partial charge in [-0.05, 0) is 19.8 Å². The zero-order valence-electron chi connectivity index (χ0n) is 6.39. The number of rotatable bonds is 1.